The van der Waals surface area contributed by atoms with Gasteiger partial charge in [0.05, 0.1) is 7.11 Å². The van der Waals surface area contributed by atoms with Crippen LogP contribution < -0.4 is 4.74 Å². The molecule has 0 saturated heterocycles. The van der Waals surface area contributed by atoms with Crippen LogP contribution in [0.15, 0.2) is 24.3 Å². The van der Waals surface area contributed by atoms with Crippen molar-refractivity contribution in [3.63, 3.8) is 0 Å². The second-order valence-corrected chi connectivity index (χ2v) is 5.62. The second kappa shape index (κ2) is 6.68. The van der Waals surface area contributed by atoms with Gasteiger partial charge in [-0.2, -0.15) is 0 Å². The van der Waals surface area contributed by atoms with E-state index in [1.165, 1.54) is 31.2 Å². The summed E-state index contributed by atoms with van der Waals surface area (Å²) >= 11 is 0. The van der Waals surface area contributed by atoms with Gasteiger partial charge in [0.2, 0.25) is 0 Å². The summed E-state index contributed by atoms with van der Waals surface area (Å²) in [6.07, 6.45) is 6.36. The van der Waals surface area contributed by atoms with E-state index in [-0.39, 0.29) is 0 Å². The van der Waals surface area contributed by atoms with E-state index in [0.29, 0.717) is 5.41 Å². The van der Waals surface area contributed by atoms with Gasteiger partial charge >= 0.3 is 0 Å². The largest absolute Gasteiger partial charge is 0.497 e. The maximum absolute atomic E-state index is 5.25. The number of aryl methyl sites for hydroxylation is 1. The first-order valence-corrected chi connectivity index (χ1v) is 6.70. The molecular weight excluding hydrogens is 208 g/mol. The lowest BCUT2D eigenvalue weighted by molar-refractivity contribution is 0.298. The Morgan fingerprint density at radius 1 is 1.18 bits per heavy atom. The summed E-state index contributed by atoms with van der Waals surface area (Å²) in [5, 5.41) is 0. The van der Waals surface area contributed by atoms with Crippen LogP contribution in [0.4, 0.5) is 0 Å². The highest BCUT2D eigenvalue weighted by atomic mass is 16.5. The summed E-state index contributed by atoms with van der Waals surface area (Å²) in [6, 6.07) is 8.42. The Kier molecular flexibility index (Phi) is 5.54. The minimum absolute atomic E-state index is 0.457. The van der Waals surface area contributed by atoms with E-state index in [4.69, 9.17) is 4.74 Å². The van der Waals surface area contributed by atoms with E-state index in [1.807, 2.05) is 6.07 Å². The number of methoxy groups -OCH3 is 1. The third-order valence-electron chi connectivity index (χ3n) is 3.43. The molecule has 0 fully saturated rings. The van der Waals surface area contributed by atoms with Crippen molar-refractivity contribution in [2.75, 3.05) is 7.11 Å². The fourth-order valence-corrected chi connectivity index (χ4v) is 2.09. The molecule has 1 heteroatoms. The van der Waals surface area contributed by atoms with E-state index < -0.39 is 0 Å². The van der Waals surface area contributed by atoms with Crippen molar-refractivity contribution in [1.82, 2.24) is 0 Å². The highest BCUT2D eigenvalue weighted by Crippen LogP contribution is 2.29. The zero-order valence-corrected chi connectivity index (χ0v) is 11.8. The van der Waals surface area contributed by atoms with E-state index in [2.05, 4.69) is 39.0 Å². The second-order valence-electron chi connectivity index (χ2n) is 5.62. The van der Waals surface area contributed by atoms with Crippen LogP contribution in [-0.4, -0.2) is 7.11 Å². The number of hydrogen-bond donors (Lipinski definition) is 0. The molecule has 0 spiro atoms. The third kappa shape index (κ3) is 5.25. The Balaban J connectivity index is 2.48. The van der Waals surface area contributed by atoms with Crippen LogP contribution in [0.2, 0.25) is 0 Å². The number of hydrogen-bond acceptors (Lipinski definition) is 1. The zero-order chi connectivity index (χ0) is 12.7. The van der Waals surface area contributed by atoms with Crippen LogP contribution in [0.3, 0.4) is 0 Å². The van der Waals surface area contributed by atoms with E-state index in [9.17, 15) is 0 Å². The molecule has 0 aliphatic carbocycles. The van der Waals surface area contributed by atoms with Gasteiger partial charge in [0, 0.05) is 0 Å². The molecule has 0 radical (unpaired) electrons. The molecule has 0 atom stereocenters. The first-order chi connectivity index (χ1) is 8.07. The third-order valence-corrected chi connectivity index (χ3v) is 3.43. The molecular formula is C16H26O. The first kappa shape index (κ1) is 14.1. The monoisotopic (exact) mass is 234 g/mol. The predicted octanol–water partition coefficient (Wildman–Crippen LogP) is 4.84. The Labute approximate surface area is 106 Å². The Morgan fingerprint density at radius 2 is 1.94 bits per heavy atom. The molecule has 1 rings (SSSR count). The van der Waals surface area contributed by atoms with Crippen molar-refractivity contribution in [3.05, 3.63) is 29.8 Å². The minimum Gasteiger partial charge on any atom is -0.497 e. The molecule has 1 aromatic carbocycles. The van der Waals surface area contributed by atoms with Crippen LogP contribution in [-0.2, 0) is 6.42 Å². The summed E-state index contributed by atoms with van der Waals surface area (Å²) in [7, 11) is 1.73. The molecule has 17 heavy (non-hydrogen) atoms. The van der Waals surface area contributed by atoms with Gasteiger partial charge in [0.15, 0.2) is 0 Å². The molecule has 0 aliphatic heterocycles. The van der Waals surface area contributed by atoms with Crippen molar-refractivity contribution in [2.45, 2.75) is 52.9 Å². The van der Waals surface area contributed by atoms with E-state index >= 15 is 0 Å². The first-order valence-electron chi connectivity index (χ1n) is 6.70. The van der Waals surface area contributed by atoms with Gasteiger partial charge in [-0.15, -0.1) is 0 Å². The van der Waals surface area contributed by atoms with Crippen molar-refractivity contribution >= 4 is 0 Å². The number of rotatable bonds is 7. The average Bonchev–Trinajstić information content (AvgIpc) is 2.34. The topological polar surface area (TPSA) is 9.23 Å². The Bertz CT molecular complexity index is 328. The van der Waals surface area contributed by atoms with Crippen molar-refractivity contribution < 1.29 is 4.74 Å². The zero-order valence-electron chi connectivity index (χ0n) is 11.8. The van der Waals surface area contributed by atoms with Gasteiger partial charge in [-0.05, 0) is 42.4 Å². The molecule has 0 aliphatic rings. The molecule has 0 bridgehead atoms. The summed E-state index contributed by atoms with van der Waals surface area (Å²) in [5.74, 6) is 0.967. The number of benzene rings is 1. The molecule has 0 aromatic heterocycles. The fraction of sp³-hybridized carbons (Fsp3) is 0.625. The molecule has 1 nitrogen and oxygen atoms in total. The van der Waals surface area contributed by atoms with Gasteiger partial charge < -0.3 is 4.74 Å². The minimum atomic E-state index is 0.457. The normalized spacial score (nSPS) is 11.5. The predicted molar refractivity (Wildman–Crippen MR) is 74.6 cm³/mol. The number of ether oxygens (including phenoxy) is 1. The molecule has 0 unspecified atom stereocenters. The molecule has 1 aromatic rings. The van der Waals surface area contributed by atoms with Gasteiger partial charge in [-0.25, -0.2) is 0 Å². The van der Waals surface area contributed by atoms with E-state index in [1.54, 1.807) is 7.11 Å². The fourth-order valence-electron chi connectivity index (χ4n) is 2.09. The summed E-state index contributed by atoms with van der Waals surface area (Å²) in [5.41, 5.74) is 1.84. The summed E-state index contributed by atoms with van der Waals surface area (Å²) in [6.45, 7) is 7.02. The SMILES string of the molecule is CCCCC(C)(C)CCc1cccc(OC)c1. The van der Waals surface area contributed by atoms with Crippen molar-refractivity contribution in [1.29, 1.82) is 0 Å². The average molecular weight is 234 g/mol. The quantitative estimate of drug-likeness (QED) is 0.655. The summed E-state index contributed by atoms with van der Waals surface area (Å²) < 4.78 is 5.25. The summed E-state index contributed by atoms with van der Waals surface area (Å²) in [4.78, 5) is 0. The molecule has 0 N–H and O–H groups in total. The molecule has 0 amide bonds. The van der Waals surface area contributed by atoms with Gasteiger partial charge in [-0.1, -0.05) is 45.7 Å². The maximum atomic E-state index is 5.25. The molecule has 96 valence electrons. The van der Waals surface area contributed by atoms with Gasteiger partial charge in [0.1, 0.15) is 5.75 Å². The van der Waals surface area contributed by atoms with Crippen LogP contribution in [0, 0.1) is 5.41 Å². The lowest BCUT2D eigenvalue weighted by atomic mass is 9.82. The lowest BCUT2D eigenvalue weighted by Gasteiger charge is -2.24. The van der Waals surface area contributed by atoms with Crippen LogP contribution in [0.25, 0.3) is 0 Å². The lowest BCUT2D eigenvalue weighted by Crippen LogP contribution is -2.12. The Hall–Kier alpha value is -0.980. The maximum Gasteiger partial charge on any atom is 0.119 e. The Morgan fingerprint density at radius 3 is 2.59 bits per heavy atom. The standard InChI is InChI=1S/C16H26O/c1-5-6-11-16(2,3)12-10-14-8-7-9-15(13-14)17-4/h7-9,13H,5-6,10-12H2,1-4H3. The van der Waals surface area contributed by atoms with Crippen LogP contribution in [0.1, 0.15) is 52.0 Å². The van der Waals surface area contributed by atoms with Crippen LogP contribution in [0.5, 0.6) is 5.75 Å². The van der Waals surface area contributed by atoms with Crippen molar-refractivity contribution in [2.24, 2.45) is 5.41 Å². The van der Waals surface area contributed by atoms with Crippen LogP contribution >= 0.6 is 0 Å². The van der Waals surface area contributed by atoms with E-state index in [0.717, 1.165) is 12.2 Å². The van der Waals surface area contributed by atoms with Crippen molar-refractivity contribution in [3.8, 4) is 5.75 Å². The molecule has 0 saturated carbocycles. The molecule has 0 heterocycles. The smallest absolute Gasteiger partial charge is 0.119 e. The highest BCUT2D eigenvalue weighted by Gasteiger charge is 2.16. The number of unbranched alkanes of at least 4 members (excludes halogenated alkanes) is 1. The van der Waals surface area contributed by atoms with Gasteiger partial charge in [-0.3, -0.25) is 0 Å². The highest BCUT2D eigenvalue weighted by molar-refractivity contribution is 5.28. The van der Waals surface area contributed by atoms with Gasteiger partial charge in [0.25, 0.3) is 0 Å².